The molecule has 0 radical (unpaired) electrons. The summed E-state index contributed by atoms with van der Waals surface area (Å²) in [5.41, 5.74) is 5.58. The standard InChI is InChI=1S/C26H28N2O4/c1-17-3-7-20(8-4-17)21-11-22(13-23(12-21)32-25-16-31-15-24(25)29)26(30)27-10-9-19-6-5-18(2)28-14-19/h3-8,11-14,24-25,29H,9-10,15-16H2,1-2H3,(H,27,30). The first-order valence-electron chi connectivity index (χ1n) is 10.8. The molecule has 1 aliphatic rings. The molecule has 2 heterocycles. The van der Waals surface area contributed by atoms with Crippen LogP contribution in [-0.4, -0.2) is 48.0 Å². The fourth-order valence-corrected chi connectivity index (χ4v) is 3.59. The third-order valence-corrected chi connectivity index (χ3v) is 5.51. The molecule has 1 fully saturated rings. The summed E-state index contributed by atoms with van der Waals surface area (Å²) in [5.74, 6) is 0.359. The molecule has 2 unspecified atom stereocenters. The number of hydrogen-bond acceptors (Lipinski definition) is 5. The number of nitrogens with one attached hydrogen (secondary N) is 1. The van der Waals surface area contributed by atoms with Gasteiger partial charge in [0.2, 0.25) is 0 Å². The minimum atomic E-state index is -0.682. The lowest BCUT2D eigenvalue weighted by Crippen LogP contribution is -2.30. The average molecular weight is 433 g/mol. The van der Waals surface area contributed by atoms with Gasteiger partial charge in [-0.1, -0.05) is 35.9 Å². The van der Waals surface area contributed by atoms with Crippen molar-refractivity contribution in [2.45, 2.75) is 32.5 Å². The van der Waals surface area contributed by atoms with Crippen molar-refractivity contribution in [3.05, 3.63) is 83.2 Å². The van der Waals surface area contributed by atoms with E-state index in [1.807, 2.05) is 68.6 Å². The van der Waals surface area contributed by atoms with E-state index in [2.05, 4.69) is 10.3 Å². The minimum absolute atomic E-state index is 0.174. The zero-order valence-corrected chi connectivity index (χ0v) is 18.4. The molecule has 2 atom stereocenters. The van der Waals surface area contributed by atoms with E-state index in [0.717, 1.165) is 27.9 Å². The largest absolute Gasteiger partial charge is 0.485 e. The maximum atomic E-state index is 12.9. The highest BCUT2D eigenvalue weighted by atomic mass is 16.6. The fraction of sp³-hybridized carbons (Fsp3) is 0.308. The Morgan fingerprint density at radius 2 is 1.91 bits per heavy atom. The van der Waals surface area contributed by atoms with Gasteiger partial charge in [0.05, 0.1) is 13.2 Å². The molecule has 32 heavy (non-hydrogen) atoms. The summed E-state index contributed by atoms with van der Waals surface area (Å²) >= 11 is 0. The van der Waals surface area contributed by atoms with E-state index >= 15 is 0 Å². The molecule has 0 spiro atoms. The third kappa shape index (κ3) is 5.52. The van der Waals surface area contributed by atoms with Gasteiger partial charge < -0.3 is 19.9 Å². The molecule has 166 valence electrons. The van der Waals surface area contributed by atoms with Crippen molar-refractivity contribution in [3.8, 4) is 16.9 Å². The molecule has 0 bridgehead atoms. The Morgan fingerprint density at radius 3 is 2.59 bits per heavy atom. The van der Waals surface area contributed by atoms with Gasteiger partial charge in [-0.25, -0.2) is 0 Å². The van der Waals surface area contributed by atoms with Crippen LogP contribution in [0.25, 0.3) is 11.1 Å². The molecule has 1 aliphatic heterocycles. The number of aryl methyl sites for hydroxylation is 2. The van der Waals surface area contributed by atoms with Gasteiger partial charge in [-0.05, 0) is 61.2 Å². The number of nitrogens with zero attached hydrogens (tertiary/aromatic N) is 1. The molecule has 6 heteroatoms. The number of aliphatic hydroxyl groups is 1. The fourth-order valence-electron chi connectivity index (χ4n) is 3.59. The van der Waals surface area contributed by atoms with Crippen LogP contribution >= 0.6 is 0 Å². The molecule has 1 aromatic heterocycles. The van der Waals surface area contributed by atoms with Gasteiger partial charge in [0.25, 0.3) is 5.91 Å². The Hall–Kier alpha value is -3.22. The predicted octanol–water partition coefficient (Wildman–Crippen LogP) is 3.48. The van der Waals surface area contributed by atoms with Gasteiger partial charge in [0.1, 0.15) is 18.0 Å². The first-order valence-corrected chi connectivity index (χ1v) is 10.8. The van der Waals surface area contributed by atoms with Crippen LogP contribution in [0, 0.1) is 13.8 Å². The second-order valence-corrected chi connectivity index (χ2v) is 8.19. The number of aliphatic hydroxyl groups excluding tert-OH is 1. The number of aromatic nitrogens is 1. The van der Waals surface area contributed by atoms with Crippen LogP contribution in [0.3, 0.4) is 0 Å². The normalized spacial score (nSPS) is 17.8. The van der Waals surface area contributed by atoms with Crippen molar-refractivity contribution < 1.29 is 19.4 Å². The topological polar surface area (TPSA) is 80.7 Å². The molecule has 2 N–H and O–H groups in total. The summed E-state index contributed by atoms with van der Waals surface area (Å²) in [7, 11) is 0. The van der Waals surface area contributed by atoms with E-state index in [0.29, 0.717) is 30.9 Å². The summed E-state index contributed by atoms with van der Waals surface area (Å²) in [6.07, 6.45) is 1.40. The van der Waals surface area contributed by atoms with Gasteiger partial charge in [-0.15, -0.1) is 0 Å². The summed E-state index contributed by atoms with van der Waals surface area (Å²) < 4.78 is 11.3. The number of benzene rings is 2. The molecular weight excluding hydrogens is 404 g/mol. The first kappa shape index (κ1) is 22.0. The predicted molar refractivity (Wildman–Crippen MR) is 123 cm³/mol. The molecular formula is C26H28N2O4. The van der Waals surface area contributed by atoms with E-state index in [1.54, 1.807) is 6.07 Å². The van der Waals surface area contributed by atoms with Crippen molar-refractivity contribution in [2.24, 2.45) is 0 Å². The van der Waals surface area contributed by atoms with E-state index < -0.39 is 12.2 Å². The van der Waals surface area contributed by atoms with Gasteiger partial charge in [0.15, 0.2) is 0 Å². The quantitative estimate of drug-likeness (QED) is 0.598. The summed E-state index contributed by atoms with van der Waals surface area (Å²) in [4.78, 5) is 17.2. The maximum Gasteiger partial charge on any atom is 0.251 e. The van der Waals surface area contributed by atoms with Gasteiger partial charge in [-0.2, -0.15) is 0 Å². The van der Waals surface area contributed by atoms with Crippen LogP contribution in [-0.2, 0) is 11.2 Å². The van der Waals surface area contributed by atoms with Crippen LogP contribution in [0.2, 0.25) is 0 Å². The van der Waals surface area contributed by atoms with Crippen molar-refractivity contribution in [1.82, 2.24) is 10.3 Å². The van der Waals surface area contributed by atoms with E-state index in [1.165, 1.54) is 0 Å². The Balaban J connectivity index is 1.52. The van der Waals surface area contributed by atoms with Crippen LogP contribution in [0.15, 0.2) is 60.8 Å². The lowest BCUT2D eigenvalue weighted by atomic mass is 10.0. The lowest BCUT2D eigenvalue weighted by molar-refractivity contribution is 0.0732. The monoisotopic (exact) mass is 432 g/mol. The average Bonchev–Trinajstić information content (AvgIpc) is 3.19. The summed E-state index contributed by atoms with van der Waals surface area (Å²) in [5, 5.41) is 13.0. The van der Waals surface area contributed by atoms with Crippen molar-refractivity contribution >= 4 is 5.91 Å². The summed E-state index contributed by atoms with van der Waals surface area (Å²) in [6.45, 7) is 5.06. The van der Waals surface area contributed by atoms with Crippen LogP contribution in [0.4, 0.5) is 0 Å². The van der Waals surface area contributed by atoms with Gasteiger partial charge >= 0.3 is 0 Å². The first-order chi connectivity index (χ1) is 15.5. The van der Waals surface area contributed by atoms with Gasteiger partial charge in [0, 0.05) is 24.0 Å². The smallest absolute Gasteiger partial charge is 0.251 e. The second-order valence-electron chi connectivity index (χ2n) is 8.19. The number of carbonyl (C=O) groups is 1. The Morgan fingerprint density at radius 1 is 1.09 bits per heavy atom. The molecule has 4 rings (SSSR count). The van der Waals surface area contributed by atoms with E-state index in [4.69, 9.17) is 9.47 Å². The minimum Gasteiger partial charge on any atom is -0.485 e. The molecule has 1 amide bonds. The number of ether oxygens (including phenoxy) is 2. The molecule has 0 saturated carbocycles. The van der Waals surface area contributed by atoms with Crippen molar-refractivity contribution in [1.29, 1.82) is 0 Å². The molecule has 6 nitrogen and oxygen atoms in total. The van der Waals surface area contributed by atoms with Crippen LogP contribution < -0.4 is 10.1 Å². The Kier molecular flexibility index (Phi) is 6.83. The zero-order chi connectivity index (χ0) is 22.5. The second kappa shape index (κ2) is 9.94. The Labute approximate surface area is 188 Å². The van der Waals surface area contributed by atoms with E-state index in [-0.39, 0.29) is 12.5 Å². The highest BCUT2D eigenvalue weighted by Gasteiger charge is 2.28. The van der Waals surface area contributed by atoms with Crippen molar-refractivity contribution in [3.63, 3.8) is 0 Å². The number of hydrogen-bond donors (Lipinski definition) is 2. The van der Waals surface area contributed by atoms with Crippen LogP contribution in [0.1, 0.15) is 27.2 Å². The molecule has 3 aromatic rings. The third-order valence-electron chi connectivity index (χ3n) is 5.51. The molecule has 2 aromatic carbocycles. The summed E-state index contributed by atoms with van der Waals surface area (Å²) in [6, 6.07) is 17.6. The van der Waals surface area contributed by atoms with Crippen molar-refractivity contribution in [2.75, 3.05) is 19.8 Å². The molecule has 1 saturated heterocycles. The number of pyridine rings is 1. The highest BCUT2D eigenvalue weighted by Crippen LogP contribution is 2.28. The van der Waals surface area contributed by atoms with Crippen LogP contribution in [0.5, 0.6) is 5.75 Å². The number of amides is 1. The zero-order valence-electron chi connectivity index (χ0n) is 18.4. The number of rotatable bonds is 7. The van der Waals surface area contributed by atoms with Gasteiger partial charge in [-0.3, -0.25) is 9.78 Å². The maximum absolute atomic E-state index is 12.9. The number of carbonyl (C=O) groups excluding carboxylic acids is 1. The Bertz CT molecular complexity index is 1060. The lowest BCUT2D eigenvalue weighted by Gasteiger charge is -2.17. The molecule has 0 aliphatic carbocycles. The highest BCUT2D eigenvalue weighted by molar-refractivity contribution is 5.96. The SMILES string of the molecule is Cc1ccc(-c2cc(OC3COCC3O)cc(C(=O)NCCc3ccc(C)nc3)c2)cc1. The van der Waals surface area contributed by atoms with E-state index in [9.17, 15) is 9.90 Å².